The third kappa shape index (κ3) is 3.78. The first-order chi connectivity index (χ1) is 9.81. The molecule has 0 amide bonds. The van der Waals surface area contributed by atoms with Gasteiger partial charge in [-0.15, -0.1) is 0 Å². The highest BCUT2D eigenvalue weighted by Gasteiger charge is 2.28. The van der Waals surface area contributed by atoms with Gasteiger partial charge in [-0.25, -0.2) is 0 Å². The van der Waals surface area contributed by atoms with Crippen LogP contribution in [0.3, 0.4) is 0 Å². The number of rotatable bonds is 4. The molecule has 0 radical (unpaired) electrons. The normalized spacial score (nSPS) is 31.6. The fourth-order valence-corrected chi connectivity index (χ4v) is 4.63. The third-order valence-electron chi connectivity index (χ3n) is 4.57. The molecule has 1 aromatic rings. The number of hydrogen-bond acceptors (Lipinski definition) is 3. The minimum absolute atomic E-state index is 0.611. The van der Waals surface area contributed by atoms with Crippen LogP contribution in [-0.2, 0) is 6.42 Å². The lowest BCUT2D eigenvalue weighted by atomic mass is 10.0. The van der Waals surface area contributed by atoms with Crippen molar-refractivity contribution >= 4 is 11.8 Å². The summed E-state index contributed by atoms with van der Waals surface area (Å²) in [5, 5.41) is 4.61. The Labute approximate surface area is 127 Å². The SMILES string of the molecule is CC1CNC(Cc2ccccc2)CN1CC1CCCS1. The maximum absolute atomic E-state index is 3.72. The summed E-state index contributed by atoms with van der Waals surface area (Å²) >= 11 is 2.18. The minimum Gasteiger partial charge on any atom is -0.311 e. The minimum atomic E-state index is 0.611. The van der Waals surface area contributed by atoms with Gasteiger partial charge in [0.15, 0.2) is 0 Å². The predicted molar refractivity (Wildman–Crippen MR) is 88.5 cm³/mol. The van der Waals surface area contributed by atoms with Gasteiger partial charge in [-0.3, -0.25) is 4.90 Å². The van der Waals surface area contributed by atoms with Gasteiger partial charge in [-0.2, -0.15) is 11.8 Å². The molecule has 3 unspecified atom stereocenters. The zero-order valence-corrected chi connectivity index (χ0v) is 13.2. The van der Waals surface area contributed by atoms with E-state index in [0.717, 1.165) is 18.2 Å². The van der Waals surface area contributed by atoms with Crippen molar-refractivity contribution < 1.29 is 0 Å². The van der Waals surface area contributed by atoms with Crippen LogP contribution in [0, 0.1) is 0 Å². The molecule has 2 nitrogen and oxygen atoms in total. The number of benzene rings is 1. The molecule has 0 aliphatic carbocycles. The lowest BCUT2D eigenvalue weighted by molar-refractivity contribution is 0.141. The molecule has 2 aliphatic rings. The molecule has 2 aliphatic heterocycles. The van der Waals surface area contributed by atoms with E-state index in [1.807, 2.05) is 0 Å². The van der Waals surface area contributed by atoms with E-state index in [2.05, 4.69) is 59.2 Å². The maximum Gasteiger partial charge on any atom is 0.0236 e. The Morgan fingerprint density at radius 3 is 2.90 bits per heavy atom. The van der Waals surface area contributed by atoms with E-state index in [9.17, 15) is 0 Å². The topological polar surface area (TPSA) is 15.3 Å². The Balaban J connectivity index is 1.55. The number of nitrogens with zero attached hydrogens (tertiary/aromatic N) is 1. The van der Waals surface area contributed by atoms with Crippen LogP contribution < -0.4 is 5.32 Å². The zero-order valence-electron chi connectivity index (χ0n) is 12.4. The molecule has 110 valence electrons. The molecule has 1 aromatic carbocycles. The molecule has 3 heteroatoms. The Morgan fingerprint density at radius 1 is 1.30 bits per heavy atom. The van der Waals surface area contributed by atoms with Crippen LogP contribution >= 0.6 is 11.8 Å². The molecular formula is C17H26N2S. The van der Waals surface area contributed by atoms with Crippen LogP contribution in [0.4, 0.5) is 0 Å². The zero-order chi connectivity index (χ0) is 13.8. The molecule has 3 rings (SSSR count). The summed E-state index contributed by atoms with van der Waals surface area (Å²) in [6.45, 7) is 5.99. The molecule has 20 heavy (non-hydrogen) atoms. The van der Waals surface area contributed by atoms with Crippen LogP contribution in [-0.4, -0.2) is 47.6 Å². The number of nitrogens with one attached hydrogen (secondary N) is 1. The van der Waals surface area contributed by atoms with Crippen LogP contribution in [0.25, 0.3) is 0 Å². The standard InChI is InChI=1S/C17H26N2S/c1-14-11-18-16(10-15-6-3-2-4-7-15)12-19(14)13-17-8-5-9-20-17/h2-4,6-7,14,16-18H,5,8-13H2,1H3. The van der Waals surface area contributed by atoms with E-state index in [0.29, 0.717) is 12.1 Å². The molecule has 1 N–H and O–H groups in total. The van der Waals surface area contributed by atoms with Crippen LogP contribution in [0.15, 0.2) is 30.3 Å². The Hall–Kier alpha value is -0.510. The first-order valence-electron chi connectivity index (χ1n) is 7.94. The summed E-state index contributed by atoms with van der Waals surface area (Å²) in [6.07, 6.45) is 4.00. The number of thioether (sulfide) groups is 1. The van der Waals surface area contributed by atoms with E-state index in [1.54, 1.807) is 0 Å². The number of piperazine rings is 1. The van der Waals surface area contributed by atoms with E-state index < -0.39 is 0 Å². The Bertz CT molecular complexity index is 403. The van der Waals surface area contributed by atoms with Crippen molar-refractivity contribution in [2.45, 2.75) is 43.5 Å². The summed E-state index contributed by atoms with van der Waals surface area (Å²) in [5.74, 6) is 1.37. The monoisotopic (exact) mass is 290 g/mol. The Kier molecular flexibility index (Phi) is 5.03. The summed E-state index contributed by atoms with van der Waals surface area (Å²) in [5.41, 5.74) is 1.45. The molecular weight excluding hydrogens is 264 g/mol. The predicted octanol–water partition coefficient (Wildman–Crippen LogP) is 2.79. The number of hydrogen-bond donors (Lipinski definition) is 1. The van der Waals surface area contributed by atoms with E-state index in [-0.39, 0.29) is 0 Å². The molecule has 0 aromatic heterocycles. The second-order valence-corrected chi connectivity index (χ2v) is 7.64. The van der Waals surface area contributed by atoms with Crippen molar-refractivity contribution in [2.75, 3.05) is 25.4 Å². The molecule has 0 bridgehead atoms. The fraction of sp³-hybridized carbons (Fsp3) is 0.647. The van der Waals surface area contributed by atoms with Gasteiger partial charge in [-0.05, 0) is 37.5 Å². The average Bonchev–Trinajstić information content (AvgIpc) is 2.97. The highest BCUT2D eigenvalue weighted by Crippen LogP contribution is 2.27. The lowest BCUT2D eigenvalue weighted by Crippen LogP contribution is -2.57. The van der Waals surface area contributed by atoms with Crippen LogP contribution in [0.2, 0.25) is 0 Å². The van der Waals surface area contributed by atoms with Gasteiger partial charge in [-0.1, -0.05) is 30.3 Å². The van der Waals surface area contributed by atoms with Gasteiger partial charge in [0.05, 0.1) is 0 Å². The molecule has 2 fully saturated rings. The molecule has 2 heterocycles. The first-order valence-corrected chi connectivity index (χ1v) is 8.99. The summed E-state index contributed by atoms with van der Waals surface area (Å²) in [6, 6.07) is 12.2. The van der Waals surface area contributed by atoms with Crippen LogP contribution in [0.5, 0.6) is 0 Å². The quantitative estimate of drug-likeness (QED) is 0.918. The van der Waals surface area contributed by atoms with Crippen molar-refractivity contribution in [1.29, 1.82) is 0 Å². The van der Waals surface area contributed by atoms with Crippen molar-refractivity contribution in [1.82, 2.24) is 10.2 Å². The molecule has 2 saturated heterocycles. The van der Waals surface area contributed by atoms with Crippen molar-refractivity contribution in [3.8, 4) is 0 Å². The first kappa shape index (κ1) is 14.4. The van der Waals surface area contributed by atoms with Crippen molar-refractivity contribution in [3.05, 3.63) is 35.9 Å². The Morgan fingerprint density at radius 2 is 2.15 bits per heavy atom. The van der Waals surface area contributed by atoms with Crippen LogP contribution in [0.1, 0.15) is 25.3 Å². The van der Waals surface area contributed by atoms with Crippen molar-refractivity contribution in [3.63, 3.8) is 0 Å². The summed E-state index contributed by atoms with van der Waals surface area (Å²) in [7, 11) is 0. The summed E-state index contributed by atoms with van der Waals surface area (Å²) in [4.78, 5) is 2.72. The molecule has 0 spiro atoms. The highest BCUT2D eigenvalue weighted by atomic mass is 32.2. The van der Waals surface area contributed by atoms with E-state index >= 15 is 0 Å². The summed E-state index contributed by atoms with van der Waals surface area (Å²) < 4.78 is 0. The second-order valence-electron chi connectivity index (χ2n) is 6.23. The van der Waals surface area contributed by atoms with E-state index in [4.69, 9.17) is 0 Å². The lowest BCUT2D eigenvalue weighted by Gasteiger charge is -2.40. The van der Waals surface area contributed by atoms with Gasteiger partial charge in [0.2, 0.25) is 0 Å². The molecule has 3 atom stereocenters. The maximum atomic E-state index is 3.72. The van der Waals surface area contributed by atoms with Gasteiger partial charge in [0.1, 0.15) is 0 Å². The third-order valence-corrected chi connectivity index (χ3v) is 5.95. The average molecular weight is 290 g/mol. The van der Waals surface area contributed by atoms with Gasteiger partial charge < -0.3 is 5.32 Å². The van der Waals surface area contributed by atoms with E-state index in [1.165, 1.54) is 37.2 Å². The highest BCUT2D eigenvalue weighted by molar-refractivity contribution is 8.00. The largest absolute Gasteiger partial charge is 0.311 e. The van der Waals surface area contributed by atoms with Gasteiger partial charge in [0, 0.05) is 37.0 Å². The smallest absolute Gasteiger partial charge is 0.0236 e. The fourth-order valence-electron chi connectivity index (χ4n) is 3.33. The van der Waals surface area contributed by atoms with Crippen molar-refractivity contribution in [2.24, 2.45) is 0 Å². The van der Waals surface area contributed by atoms with Gasteiger partial charge in [0.25, 0.3) is 0 Å². The second kappa shape index (κ2) is 6.97. The molecule has 0 saturated carbocycles. The van der Waals surface area contributed by atoms with Gasteiger partial charge >= 0.3 is 0 Å².